The first-order valence-electron chi connectivity index (χ1n) is 5.73. The number of aromatic nitrogens is 1. The van der Waals surface area contributed by atoms with Gasteiger partial charge in [0, 0.05) is 17.8 Å². The Morgan fingerprint density at radius 1 is 1.35 bits per heavy atom. The molecule has 0 fully saturated rings. The molecular formula is C14H12FNO4. The van der Waals surface area contributed by atoms with E-state index in [0.29, 0.717) is 11.3 Å². The average molecular weight is 277 g/mol. The first-order chi connectivity index (χ1) is 9.60. The van der Waals surface area contributed by atoms with Crippen LogP contribution in [0.2, 0.25) is 0 Å². The Bertz CT molecular complexity index is 630. The number of methoxy groups -OCH3 is 1. The molecule has 20 heavy (non-hydrogen) atoms. The summed E-state index contributed by atoms with van der Waals surface area (Å²) in [5, 5.41) is 9.08. The lowest BCUT2D eigenvalue weighted by Gasteiger charge is -2.10. The Kier molecular flexibility index (Phi) is 4.14. The van der Waals surface area contributed by atoms with Gasteiger partial charge in [0.2, 0.25) is 0 Å². The number of pyridine rings is 1. The highest BCUT2D eigenvalue weighted by atomic mass is 19.1. The van der Waals surface area contributed by atoms with Gasteiger partial charge in [-0.15, -0.1) is 0 Å². The molecule has 0 aliphatic rings. The first kappa shape index (κ1) is 13.8. The van der Waals surface area contributed by atoms with Crippen molar-refractivity contribution in [3.05, 3.63) is 53.6 Å². The maximum Gasteiger partial charge on any atom is 0.339 e. The van der Waals surface area contributed by atoms with Crippen LogP contribution >= 0.6 is 0 Å². The minimum Gasteiger partial charge on any atom is -0.497 e. The van der Waals surface area contributed by atoms with Gasteiger partial charge in [0.15, 0.2) is 0 Å². The Labute approximate surface area is 114 Å². The third-order valence-corrected chi connectivity index (χ3v) is 2.58. The van der Waals surface area contributed by atoms with Crippen molar-refractivity contribution in [2.75, 3.05) is 7.11 Å². The van der Waals surface area contributed by atoms with Crippen LogP contribution in [0.4, 0.5) is 4.39 Å². The van der Waals surface area contributed by atoms with Crippen LogP contribution in [0, 0.1) is 5.82 Å². The number of hydrogen-bond donors (Lipinski definition) is 1. The van der Waals surface area contributed by atoms with Gasteiger partial charge in [0.25, 0.3) is 0 Å². The highest BCUT2D eigenvalue weighted by Crippen LogP contribution is 2.25. The molecule has 2 rings (SSSR count). The Hall–Kier alpha value is -2.63. The second kappa shape index (κ2) is 6.01. The molecule has 5 nitrogen and oxygen atoms in total. The molecule has 0 aliphatic carbocycles. The van der Waals surface area contributed by atoms with E-state index in [1.165, 1.54) is 37.6 Å². The summed E-state index contributed by atoms with van der Waals surface area (Å²) >= 11 is 0. The molecule has 0 saturated carbocycles. The summed E-state index contributed by atoms with van der Waals surface area (Å²) in [6.45, 7) is 0.0121. The summed E-state index contributed by atoms with van der Waals surface area (Å²) < 4.78 is 23.4. The lowest BCUT2D eigenvalue weighted by atomic mass is 10.2. The molecule has 2 aromatic rings. The monoisotopic (exact) mass is 277 g/mol. The van der Waals surface area contributed by atoms with Crippen molar-refractivity contribution in [1.82, 2.24) is 4.98 Å². The van der Waals surface area contributed by atoms with Gasteiger partial charge >= 0.3 is 5.97 Å². The largest absolute Gasteiger partial charge is 0.497 e. The average Bonchev–Trinajstić information content (AvgIpc) is 2.44. The quantitative estimate of drug-likeness (QED) is 0.909. The molecule has 0 saturated heterocycles. The van der Waals surface area contributed by atoms with E-state index < -0.39 is 11.8 Å². The highest BCUT2D eigenvalue weighted by Gasteiger charge is 2.12. The summed E-state index contributed by atoms with van der Waals surface area (Å²) in [7, 11) is 1.47. The molecule has 0 spiro atoms. The number of nitrogens with zero attached hydrogens (tertiary/aromatic N) is 1. The fourth-order valence-corrected chi connectivity index (χ4v) is 1.62. The van der Waals surface area contributed by atoms with Gasteiger partial charge in [0.05, 0.1) is 13.3 Å². The zero-order valence-electron chi connectivity index (χ0n) is 10.7. The first-order valence-corrected chi connectivity index (χ1v) is 5.73. The van der Waals surface area contributed by atoms with Crippen LogP contribution in [0.5, 0.6) is 11.5 Å². The summed E-state index contributed by atoms with van der Waals surface area (Å²) in [5.41, 5.74) is 0.513. The zero-order chi connectivity index (χ0) is 14.5. The van der Waals surface area contributed by atoms with E-state index in [-0.39, 0.29) is 17.9 Å². The van der Waals surface area contributed by atoms with Crippen LogP contribution in [0.1, 0.15) is 15.9 Å². The lowest BCUT2D eigenvalue weighted by molar-refractivity contribution is 0.0691. The number of carboxylic acids is 1. The van der Waals surface area contributed by atoms with Crippen LogP contribution in [0.3, 0.4) is 0 Å². The zero-order valence-corrected chi connectivity index (χ0v) is 10.7. The standard InChI is InChI=1S/C14H12FNO4/c1-19-11-2-3-12(14(17)18)13(5-11)20-8-9-4-10(15)7-16-6-9/h2-7H,8H2,1H3,(H,17,18). The minimum atomic E-state index is -1.11. The van der Waals surface area contributed by atoms with E-state index in [9.17, 15) is 9.18 Å². The van der Waals surface area contributed by atoms with Crippen LogP contribution in [0.25, 0.3) is 0 Å². The molecule has 6 heteroatoms. The van der Waals surface area contributed by atoms with E-state index in [2.05, 4.69) is 4.98 Å². The number of ether oxygens (including phenoxy) is 2. The van der Waals surface area contributed by atoms with Gasteiger partial charge in [-0.2, -0.15) is 0 Å². The molecule has 0 atom stereocenters. The Morgan fingerprint density at radius 3 is 2.80 bits per heavy atom. The number of carboxylic acid groups (broad SMARTS) is 1. The summed E-state index contributed by atoms with van der Waals surface area (Å²) in [4.78, 5) is 14.8. The lowest BCUT2D eigenvalue weighted by Crippen LogP contribution is -2.04. The number of halogens is 1. The predicted octanol–water partition coefficient (Wildman–Crippen LogP) is 2.51. The molecule has 1 N–H and O–H groups in total. The van der Waals surface area contributed by atoms with Crippen molar-refractivity contribution in [3.8, 4) is 11.5 Å². The van der Waals surface area contributed by atoms with Crippen molar-refractivity contribution < 1.29 is 23.8 Å². The Balaban J connectivity index is 2.21. The van der Waals surface area contributed by atoms with E-state index in [4.69, 9.17) is 14.6 Å². The second-order valence-corrected chi connectivity index (χ2v) is 3.97. The fourth-order valence-electron chi connectivity index (χ4n) is 1.62. The second-order valence-electron chi connectivity index (χ2n) is 3.97. The minimum absolute atomic E-state index is 0.00941. The van der Waals surface area contributed by atoms with E-state index in [1.807, 2.05) is 0 Å². The fraction of sp³-hybridized carbons (Fsp3) is 0.143. The van der Waals surface area contributed by atoms with Gasteiger partial charge in [-0.1, -0.05) is 0 Å². The number of rotatable bonds is 5. The third kappa shape index (κ3) is 3.23. The third-order valence-electron chi connectivity index (χ3n) is 2.58. The van der Waals surface area contributed by atoms with Gasteiger partial charge in [-0.25, -0.2) is 9.18 Å². The number of aromatic carboxylic acids is 1. The van der Waals surface area contributed by atoms with Crippen LogP contribution < -0.4 is 9.47 Å². The van der Waals surface area contributed by atoms with Crippen molar-refractivity contribution in [2.24, 2.45) is 0 Å². The SMILES string of the molecule is COc1ccc(C(=O)O)c(OCc2cncc(F)c2)c1. The summed E-state index contributed by atoms with van der Waals surface area (Å²) in [6, 6.07) is 5.66. The van der Waals surface area contributed by atoms with E-state index in [1.54, 1.807) is 0 Å². The molecule has 0 bridgehead atoms. The van der Waals surface area contributed by atoms with Crippen molar-refractivity contribution >= 4 is 5.97 Å². The van der Waals surface area contributed by atoms with Gasteiger partial charge in [-0.3, -0.25) is 4.98 Å². The molecule has 0 amide bonds. The van der Waals surface area contributed by atoms with Crippen LogP contribution in [0.15, 0.2) is 36.7 Å². The summed E-state index contributed by atoms with van der Waals surface area (Å²) in [6.07, 6.45) is 2.53. The van der Waals surface area contributed by atoms with Crippen molar-refractivity contribution in [3.63, 3.8) is 0 Å². The predicted molar refractivity (Wildman–Crippen MR) is 68.5 cm³/mol. The maximum atomic E-state index is 13.0. The number of hydrogen-bond acceptors (Lipinski definition) is 4. The van der Waals surface area contributed by atoms with Gasteiger partial charge in [0.1, 0.15) is 29.5 Å². The summed E-state index contributed by atoms with van der Waals surface area (Å²) in [5.74, 6) is -0.960. The molecule has 1 heterocycles. The molecule has 1 aromatic carbocycles. The van der Waals surface area contributed by atoms with Crippen molar-refractivity contribution in [1.29, 1.82) is 0 Å². The molecule has 0 unspecified atom stereocenters. The molecule has 0 radical (unpaired) electrons. The van der Waals surface area contributed by atoms with Gasteiger partial charge in [-0.05, 0) is 18.2 Å². The van der Waals surface area contributed by atoms with E-state index in [0.717, 1.165) is 6.20 Å². The van der Waals surface area contributed by atoms with Crippen LogP contribution in [-0.2, 0) is 6.61 Å². The molecular weight excluding hydrogens is 265 g/mol. The van der Waals surface area contributed by atoms with Crippen LogP contribution in [-0.4, -0.2) is 23.2 Å². The van der Waals surface area contributed by atoms with E-state index >= 15 is 0 Å². The molecule has 1 aromatic heterocycles. The Morgan fingerprint density at radius 2 is 2.15 bits per heavy atom. The maximum absolute atomic E-state index is 13.0. The molecule has 104 valence electrons. The normalized spacial score (nSPS) is 10.1. The number of benzene rings is 1. The topological polar surface area (TPSA) is 68.7 Å². The van der Waals surface area contributed by atoms with Crippen molar-refractivity contribution in [2.45, 2.75) is 6.61 Å². The van der Waals surface area contributed by atoms with Gasteiger partial charge < -0.3 is 14.6 Å². The number of carbonyl (C=O) groups is 1. The highest BCUT2D eigenvalue weighted by molar-refractivity contribution is 5.91. The molecule has 0 aliphatic heterocycles. The smallest absolute Gasteiger partial charge is 0.339 e.